The van der Waals surface area contributed by atoms with Gasteiger partial charge in [0.05, 0.1) is 5.92 Å². The van der Waals surface area contributed by atoms with Gasteiger partial charge in [0.2, 0.25) is 17.7 Å². The second-order valence-electron chi connectivity index (χ2n) is 9.18. The molecule has 3 amide bonds. The van der Waals surface area contributed by atoms with Crippen molar-refractivity contribution in [1.82, 2.24) is 9.80 Å². The lowest BCUT2D eigenvalue weighted by atomic mass is 9.90. The first-order valence-electron chi connectivity index (χ1n) is 10.4. The number of carbonyl (C=O) groups excluding carboxylic acids is 3. The zero-order chi connectivity index (χ0) is 22.1. The number of anilines is 1. The van der Waals surface area contributed by atoms with Gasteiger partial charge in [-0.15, -0.1) is 0 Å². The molecule has 2 aliphatic rings. The van der Waals surface area contributed by atoms with Gasteiger partial charge in [0, 0.05) is 40.8 Å². The van der Waals surface area contributed by atoms with Crippen molar-refractivity contribution in [1.29, 1.82) is 0 Å². The number of hydrogen-bond acceptors (Lipinski definition) is 3. The van der Waals surface area contributed by atoms with Crippen molar-refractivity contribution in [3.05, 3.63) is 28.2 Å². The predicted molar refractivity (Wildman–Crippen MR) is 119 cm³/mol. The van der Waals surface area contributed by atoms with Gasteiger partial charge >= 0.3 is 0 Å². The van der Waals surface area contributed by atoms with Crippen molar-refractivity contribution >= 4 is 46.6 Å². The van der Waals surface area contributed by atoms with E-state index in [9.17, 15) is 14.4 Å². The van der Waals surface area contributed by atoms with Crippen molar-refractivity contribution in [2.24, 2.45) is 11.3 Å². The molecule has 8 heteroatoms. The summed E-state index contributed by atoms with van der Waals surface area (Å²) in [5, 5.41) is 3.70. The third kappa shape index (κ3) is 5.27. The minimum Gasteiger partial charge on any atom is -0.341 e. The molecule has 0 bridgehead atoms. The number of piperidine rings is 1. The quantitative estimate of drug-likeness (QED) is 0.744. The SMILES string of the molecule is CC(C)(C)C(=O)N1CCCC(C(=O)N2CCCC2C(=O)Nc2cc(Cl)cc(Cl)c2)C1. The summed E-state index contributed by atoms with van der Waals surface area (Å²) in [7, 11) is 0. The summed E-state index contributed by atoms with van der Waals surface area (Å²) in [6.07, 6.45) is 2.92. The van der Waals surface area contributed by atoms with Crippen LogP contribution in [0.4, 0.5) is 5.69 Å². The molecule has 30 heavy (non-hydrogen) atoms. The highest BCUT2D eigenvalue weighted by Crippen LogP contribution is 2.29. The Balaban J connectivity index is 1.67. The highest BCUT2D eigenvalue weighted by molar-refractivity contribution is 6.35. The number of halogens is 2. The minimum atomic E-state index is -0.524. The molecule has 1 aromatic carbocycles. The Morgan fingerprint density at radius 3 is 2.27 bits per heavy atom. The van der Waals surface area contributed by atoms with E-state index in [1.54, 1.807) is 28.0 Å². The van der Waals surface area contributed by atoms with Gasteiger partial charge in [-0.05, 0) is 43.9 Å². The maximum atomic E-state index is 13.3. The molecular formula is C22H29Cl2N3O3. The standard InChI is InChI=1S/C22H29Cl2N3O3/c1-22(2,3)21(30)26-8-4-6-14(13-26)20(29)27-9-5-7-18(27)19(28)25-17-11-15(23)10-16(24)12-17/h10-12,14,18H,4-9,13H2,1-3H3,(H,25,28). The Kier molecular flexibility index (Phi) is 6.98. The number of likely N-dealkylation sites (tertiary alicyclic amines) is 2. The molecule has 0 saturated carbocycles. The highest BCUT2D eigenvalue weighted by Gasteiger charge is 2.40. The molecule has 1 N–H and O–H groups in total. The lowest BCUT2D eigenvalue weighted by Crippen LogP contribution is -2.51. The molecule has 0 radical (unpaired) electrons. The average Bonchev–Trinajstić information content (AvgIpc) is 3.15. The largest absolute Gasteiger partial charge is 0.341 e. The summed E-state index contributed by atoms with van der Waals surface area (Å²) in [5.41, 5.74) is 0.0376. The van der Waals surface area contributed by atoms with Gasteiger partial charge in [-0.3, -0.25) is 14.4 Å². The fourth-order valence-electron chi connectivity index (χ4n) is 4.23. The summed E-state index contributed by atoms with van der Waals surface area (Å²) in [6.45, 7) is 7.33. The number of hydrogen-bond donors (Lipinski definition) is 1. The van der Waals surface area contributed by atoms with Crippen molar-refractivity contribution in [2.45, 2.75) is 52.5 Å². The topological polar surface area (TPSA) is 69.7 Å². The zero-order valence-electron chi connectivity index (χ0n) is 17.7. The molecule has 2 aliphatic heterocycles. The summed E-state index contributed by atoms with van der Waals surface area (Å²) in [4.78, 5) is 42.3. The van der Waals surface area contributed by atoms with Crippen LogP contribution in [0.15, 0.2) is 18.2 Å². The smallest absolute Gasteiger partial charge is 0.247 e. The maximum Gasteiger partial charge on any atom is 0.247 e. The predicted octanol–water partition coefficient (Wildman–Crippen LogP) is 4.21. The van der Waals surface area contributed by atoms with Crippen LogP contribution < -0.4 is 5.32 Å². The third-order valence-electron chi connectivity index (χ3n) is 5.67. The van der Waals surface area contributed by atoms with Crippen molar-refractivity contribution < 1.29 is 14.4 Å². The van der Waals surface area contributed by atoms with Crippen molar-refractivity contribution in [3.8, 4) is 0 Å². The first-order chi connectivity index (χ1) is 14.1. The lowest BCUT2D eigenvalue weighted by molar-refractivity contribution is -0.147. The molecule has 1 aromatic rings. The van der Waals surface area contributed by atoms with E-state index in [-0.39, 0.29) is 23.6 Å². The lowest BCUT2D eigenvalue weighted by Gasteiger charge is -2.37. The third-order valence-corrected chi connectivity index (χ3v) is 6.10. The normalized spacial score (nSPS) is 22.2. The number of amides is 3. The molecule has 6 nitrogen and oxygen atoms in total. The highest BCUT2D eigenvalue weighted by atomic mass is 35.5. The van der Waals surface area contributed by atoms with Crippen LogP contribution in [0.1, 0.15) is 46.5 Å². The molecule has 2 unspecified atom stereocenters. The van der Waals surface area contributed by atoms with Crippen LogP contribution >= 0.6 is 23.2 Å². The van der Waals surface area contributed by atoms with E-state index in [1.165, 1.54) is 0 Å². The average molecular weight is 454 g/mol. The van der Waals surface area contributed by atoms with Gasteiger partial charge in [-0.1, -0.05) is 44.0 Å². The molecule has 0 aliphatic carbocycles. The van der Waals surface area contributed by atoms with Crippen molar-refractivity contribution in [3.63, 3.8) is 0 Å². The Labute approximate surface area is 187 Å². The molecule has 3 rings (SSSR count). The van der Waals surface area contributed by atoms with Gasteiger partial charge < -0.3 is 15.1 Å². The van der Waals surface area contributed by atoms with Crippen LogP contribution in [0.5, 0.6) is 0 Å². The summed E-state index contributed by atoms with van der Waals surface area (Å²) < 4.78 is 0. The minimum absolute atomic E-state index is 0.0387. The van der Waals surface area contributed by atoms with E-state index >= 15 is 0 Å². The summed E-state index contributed by atoms with van der Waals surface area (Å²) in [5.74, 6) is -0.478. The zero-order valence-corrected chi connectivity index (χ0v) is 19.2. The number of nitrogens with zero attached hydrogens (tertiary/aromatic N) is 2. The van der Waals surface area contributed by atoms with E-state index in [1.807, 2.05) is 20.8 Å². The Morgan fingerprint density at radius 1 is 1.00 bits per heavy atom. The molecule has 0 aromatic heterocycles. The Morgan fingerprint density at radius 2 is 1.63 bits per heavy atom. The second kappa shape index (κ2) is 9.15. The molecule has 164 valence electrons. The van der Waals surface area contributed by atoms with Gasteiger partial charge in [0.1, 0.15) is 6.04 Å². The van der Waals surface area contributed by atoms with Crippen LogP contribution in [0.3, 0.4) is 0 Å². The summed E-state index contributed by atoms with van der Waals surface area (Å²) >= 11 is 12.0. The molecule has 2 heterocycles. The van der Waals surface area contributed by atoms with E-state index in [2.05, 4.69) is 5.32 Å². The van der Waals surface area contributed by atoms with Crippen LogP contribution in [0.2, 0.25) is 10.0 Å². The van der Waals surface area contributed by atoms with Crippen LogP contribution in [0, 0.1) is 11.3 Å². The molecular weight excluding hydrogens is 425 g/mol. The molecule has 2 saturated heterocycles. The Bertz CT molecular complexity index is 817. The first kappa shape index (κ1) is 22.9. The van der Waals surface area contributed by atoms with E-state index in [0.717, 1.165) is 19.3 Å². The van der Waals surface area contributed by atoms with Crippen molar-refractivity contribution in [2.75, 3.05) is 25.0 Å². The van der Waals surface area contributed by atoms with E-state index in [0.29, 0.717) is 41.8 Å². The Hall–Kier alpha value is -1.79. The van der Waals surface area contributed by atoms with Gasteiger partial charge in [-0.25, -0.2) is 0 Å². The number of benzene rings is 1. The van der Waals surface area contributed by atoms with Gasteiger partial charge in [-0.2, -0.15) is 0 Å². The van der Waals surface area contributed by atoms with Crippen LogP contribution in [-0.4, -0.2) is 53.2 Å². The summed E-state index contributed by atoms with van der Waals surface area (Å²) in [6, 6.07) is 4.33. The monoisotopic (exact) mass is 453 g/mol. The van der Waals surface area contributed by atoms with Gasteiger partial charge in [0.25, 0.3) is 0 Å². The molecule has 0 spiro atoms. The van der Waals surface area contributed by atoms with E-state index < -0.39 is 11.5 Å². The first-order valence-corrected chi connectivity index (χ1v) is 11.2. The fraction of sp³-hybridized carbons (Fsp3) is 0.591. The van der Waals surface area contributed by atoms with Crippen LogP contribution in [-0.2, 0) is 14.4 Å². The maximum absolute atomic E-state index is 13.3. The van der Waals surface area contributed by atoms with Gasteiger partial charge in [0.15, 0.2) is 0 Å². The number of nitrogens with one attached hydrogen (secondary N) is 1. The number of rotatable bonds is 3. The number of carbonyl (C=O) groups is 3. The molecule has 2 fully saturated rings. The fourth-order valence-corrected chi connectivity index (χ4v) is 4.75. The molecule has 2 atom stereocenters. The van der Waals surface area contributed by atoms with Crippen LogP contribution in [0.25, 0.3) is 0 Å². The van der Waals surface area contributed by atoms with E-state index in [4.69, 9.17) is 23.2 Å². The second-order valence-corrected chi connectivity index (χ2v) is 10.1.